The molecule has 0 aromatic heterocycles. The minimum atomic E-state index is -5.64. The van der Waals surface area contributed by atoms with Gasteiger partial charge in [0, 0.05) is 0 Å². The second-order valence-corrected chi connectivity index (χ2v) is 3.00. The topological polar surface area (TPSA) is 26.3 Å². The Balaban J connectivity index is 4.63. The number of carbonyl (C=O) groups is 1. The molecule has 2 nitrogen and oxygen atoms in total. The van der Waals surface area contributed by atoms with E-state index in [0.717, 1.165) is 6.92 Å². The van der Waals surface area contributed by atoms with E-state index in [1.807, 2.05) is 0 Å². The molecule has 0 aliphatic heterocycles. The predicted octanol–water partition coefficient (Wildman–Crippen LogP) is 2.94. The molecule has 0 aliphatic carbocycles. The second-order valence-electron chi connectivity index (χ2n) is 3.00. The van der Waals surface area contributed by atoms with Crippen LogP contribution in [0.1, 0.15) is 6.92 Å². The van der Waals surface area contributed by atoms with Crippen molar-refractivity contribution in [3.8, 4) is 0 Å². The Bertz CT molecular complexity index is 311. The van der Waals surface area contributed by atoms with Crippen LogP contribution in [0.5, 0.6) is 0 Å². The predicted molar refractivity (Wildman–Crippen MR) is 41.7 cm³/mol. The van der Waals surface area contributed by atoms with Crippen molar-refractivity contribution >= 4 is 5.97 Å². The summed E-state index contributed by atoms with van der Waals surface area (Å²) >= 11 is 0. The summed E-state index contributed by atoms with van der Waals surface area (Å²) in [7, 11) is 0. The summed E-state index contributed by atoms with van der Waals surface area (Å²) in [5.74, 6) is -12.5. The van der Waals surface area contributed by atoms with Gasteiger partial charge >= 0.3 is 24.2 Å². The first-order valence-corrected chi connectivity index (χ1v) is 4.04. The van der Waals surface area contributed by atoms with Crippen LogP contribution in [0.25, 0.3) is 0 Å². The molecule has 0 atom stereocenters. The van der Waals surface area contributed by atoms with Crippen molar-refractivity contribution in [1.29, 1.82) is 0 Å². The molecule has 17 heavy (non-hydrogen) atoms. The van der Waals surface area contributed by atoms with Crippen molar-refractivity contribution in [2.24, 2.45) is 0 Å². The van der Waals surface area contributed by atoms with Crippen LogP contribution < -0.4 is 0 Å². The van der Waals surface area contributed by atoms with E-state index in [0.29, 0.717) is 0 Å². The minimum Gasteiger partial charge on any atom is -0.456 e. The molecule has 0 aromatic rings. The average molecular weight is 268 g/mol. The third kappa shape index (κ3) is 3.60. The molecule has 0 radical (unpaired) electrons. The second kappa shape index (κ2) is 5.37. The highest BCUT2D eigenvalue weighted by atomic mass is 19.3. The van der Waals surface area contributed by atoms with Crippen molar-refractivity contribution in [3.63, 3.8) is 0 Å². The van der Waals surface area contributed by atoms with Crippen LogP contribution in [0.3, 0.4) is 0 Å². The number of alkyl halides is 6. The first kappa shape index (κ1) is 15.7. The summed E-state index contributed by atoms with van der Waals surface area (Å²) in [5, 5.41) is 0. The highest BCUT2D eigenvalue weighted by molar-refractivity contribution is 5.87. The fraction of sp³-hybridized carbons (Fsp3) is 0.625. The fourth-order valence-corrected chi connectivity index (χ4v) is 0.570. The first-order chi connectivity index (χ1) is 7.56. The quantitative estimate of drug-likeness (QED) is 0.435. The van der Waals surface area contributed by atoms with Gasteiger partial charge in [0.2, 0.25) is 0 Å². The van der Waals surface area contributed by atoms with Crippen molar-refractivity contribution in [3.05, 3.63) is 11.9 Å². The average Bonchev–Trinajstić information content (AvgIpc) is 2.24. The summed E-state index contributed by atoms with van der Waals surface area (Å²) in [5.41, 5.74) is -0.763. The molecule has 0 amide bonds. The molecular weight excluding hydrogens is 261 g/mol. The molecule has 0 N–H and O–H groups in total. The van der Waals surface area contributed by atoms with Gasteiger partial charge in [0.25, 0.3) is 0 Å². The smallest absolute Gasteiger partial charge is 0.372 e. The molecule has 0 saturated carbocycles. The minimum absolute atomic E-state index is 0.300. The van der Waals surface area contributed by atoms with Gasteiger partial charge in [-0.2, -0.15) is 17.6 Å². The van der Waals surface area contributed by atoms with E-state index in [-0.39, 0.29) is 6.33 Å². The zero-order valence-corrected chi connectivity index (χ0v) is 8.32. The molecule has 100 valence electrons. The van der Waals surface area contributed by atoms with Crippen LogP contribution in [0.15, 0.2) is 11.9 Å². The molecule has 0 fully saturated rings. The highest BCUT2D eigenvalue weighted by Gasteiger charge is 2.63. The summed E-state index contributed by atoms with van der Waals surface area (Å²) in [6.07, 6.45) is -4.92. The Morgan fingerprint density at radius 2 is 1.76 bits per heavy atom. The maximum absolute atomic E-state index is 12.6. The number of halogens is 7. The number of ether oxygens (including phenoxy) is 1. The first-order valence-electron chi connectivity index (χ1n) is 4.04. The Morgan fingerprint density at radius 1 is 1.29 bits per heavy atom. The van der Waals surface area contributed by atoms with E-state index >= 15 is 0 Å². The number of hydrogen-bond donors (Lipinski definition) is 0. The van der Waals surface area contributed by atoms with Gasteiger partial charge in [-0.25, -0.2) is 18.0 Å². The summed E-state index contributed by atoms with van der Waals surface area (Å²) in [6, 6.07) is 0. The molecule has 0 bridgehead atoms. The normalized spacial score (nSPS) is 14.1. The van der Waals surface area contributed by atoms with Crippen LogP contribution in [0, 0.1) is 0 Å². The van der Waals surface area contributed by atoms with Gasteiger partial charge in [-0.15, -0.1) is 0 Å². The van der Waals surface area contributed by atoms with Gasteiger partial charge in [0.15, 0.2) is 6.61 Å². The monoisotopic (exact) mass is 268 g/mol. The Morgan fingerprint density at radius 3 is 2.12 bits per heavy atom. The molecule has 0 rings (SSSR count). The number of carbonyl (C=O) groups excluding carboxylic acids is 1. The van der Waals surface area contributed by atoms with Gasteiger partial charge in [-0.3, -0.25) is 0 Å². The molecular formula is C8H7F7O2. The molecule has 0 heterocycles. The van der Waals surface area contributed by atoms with Gasteiger partial charge in [-0.05, 0) is 6.92 Å². The SMILES string of the molecule is CC(=CF)C(=O)OCC(F)(F)C(F)(F)C(F)F. The number of rotatable bonds is 5. The molecule has 0 saturated heterocycles. The lowest BCUT2D eigenvalue weighted by Gasteiger charge is -2.25. The molecule has 9 heteroatoms. The Labute approximate surface area is 91.0 Å². The van der Waals surface area contributed by atoms with E-state index < -0.39 is 36.4 Å². The lowest BCUT2D eigenvalue weighted by Crippen LogP contribution is -2.49. The van der Waals surface area contributed by atoms with E-state index in [4.69, 9.17) is 0 Å². The largest absolute Gasteiger partial charge is 0.456 e. The number of hydrogen-bond acceptors (Lipinski definition) is 2. The zero-order chi connectivity index (χ0) is 13.9. The van der Waals surface area contributed by atoms with Gasteiger partial charge in [-0.1, -0.05) is 0 Å². The Kier molecular flexibility index (Phi) is 4.96. The third-order valence-electron chi connectivity index (χ3n) is 1.63. The van der Waals surface area contributed by atoms with Crippen molar-refractivity contribution in [2.75, 3.05) is 6.61 Å². The fourth-order valence-electron chi connectivity index (χ4n) is 0.570. The van der Waals surface area contributed by atoms with Crippen molar-refractivity contribution < 1.29 is 40.3 Å². The van der Waals surface area contributed by atoms with Crippen LogP contribution in [-0.2, 0) is 9.53 Å². The molecule has 0 unspecified atom stereocenters. The van der Waals surface area contributed by atoms with Crippen molar-refractivity contribution in [2.45, 2.75) is 25.2 Å². The van der Waals surface area contributed by atoms with Crippen LogP contribution in [0.2, 0.25) is 0 Å². The van der Waals surface area contributed by atoms with Crippen LogP contribution >= 0.6 is 0 Å². The molecule has 0 aromatic carbocycles. The lowest BCUT2D eigenvalue weighted by atomic mass is 10.2. The van der Waals surface area contributed by atoms with E-state index in [1.54, 1.807) is 0 Å². The molecule has 0 aliphatic rings. The van der Waals surface area contributed by atoms with Crippen LogP contribution in [0.4, 0.5) is 30.7 Å². The van der Waals surface area contributed by atoms with E-state index in [2.05, 4.69) is 4.74 Å². The maximum Gasteiger partial charge on any atom is 0.372 e. The lowest BCUT2D eigenvalue weighted by molar-refractivity contribution is -0.276. The highest BCUT2D eigenvalue weighted by Crippen LogP contribution is 2.39. The van der Waals surface area contributed by atoms with Crippen molar-refractivity contribution in [1.82, 2.24) is 0 Å². The number of esters is 1. The van der Waals surface area contributed by atoms with E-state index in [1.165, 1.54) is 0 Å². The summed E-state index contributed by atoms with van der Waals surface area (Å²) < 4.78 is 88.2. The van der Waals surface area contributed by atoms with Gasteiger partial charge in [0.05, 0.1) is 11.9 Å². The third-order valence-corrected chi connectivity index (χ3v) is 1.63. The van der Waals surface area contributed by atoms with Crippen LogP contribution in [-0.4, -0.2) is 30.8 Å². The van der Waals surface area contributed by atoms with Gasteiger partial charge in [0.1, 0.15) is 0 Å². The van der Waals surface area contributed by atoms with Gasteiger partial charge < -0.3 is 4.74 Å². The summed E-state index contributed by atoms with van der Waals surface area (Å²) in [4.78, 5) is 10.6. The summed E-state index contributed by atoms with van der Waals surface area (Å²) in [6.45, 7) is -1.44. The van der Waals surface area contributed by atoms with E-state index in [9.17, 15) is 35.5 Å². The Hall–Kier alpha value is -1.28. The molecule has 0 spiro atoms. The zero-order valence-electron chi connectivity index (χ0n) is 8.32. The standard InChI is InChI=1S/C8H7F7O2/c1-4(2-9)5(16)17-3-7(12,13)8(14,15)6(10)11/h2,6H,3H2,1H3. The maximum atomic E-state index is 12.6.